The molecule has 1 aliphatic heterocycles. The number of rotatable bonds is 5. The molecule has 1 atom stereocenters. The van der Waals surface area contributed by atoms with Crippen LogP contribution in [0.1, 0.15) is 12.8 Å². The van der Waals surface area contributed by atoms with Gasteiger partial charge in [-0.1, -0.05) is 0 Å². The molecule has 2 N–H and O–H groups in total. The molecule has 1 aromatic heterocycles. The fourth-order valence-corrected chi connectivity index (χ4v) is 2.35. The van der Waals surface area contributed by atoms with E-state index in [-0.39, 0.29) is 6.10 Å². The van der Waals surface area contributed by atoms with E-state index < -0.39 is 10.0 Å². The monoisotopic (exact) mass is 271 g/mol. The molecular weight excluding hydrogens is 254 g/mol. The quantitative estimate of drug-likeness (QED) is 0.836. The number of nitrogens with one attached hydrogen (secondary N) is 2. The van der Waals surface area contributed by atoms with Gasteiger partial charge in [0.15, 0.2) is 0 Å². The number of anilines is 2. The van der Waals surface area contributed by atoms with E-state index in [0.717, 1.165) is 32.2 Å². The molecule has 1 aromatic rings. The predicted octanol–water partition coefficient (Wildman–Crippen LogP) is 1.04. The minimum Gasteiger partial charge on any atom is -0.376 e. The van der Waals surface area contributed by atoms with E-state index in [1.165, 1.54) is 6.20 Å². The van der Waals surface area contributed by atoms with Crippen molar-refractivity contribution in [3.63, 3.8) is 0 Å². The van der Waals surface area contributed by atoms with Crippen LogP contribution in [0.15, 0.2) is 18.3 Å². The molecule has 100 valence electrons. The maximum atomic E-state index is 11.0. The largest absolute Gasteiger partial charge is 0.376 e. The highest BCUT2D eigenvalue weighted by molar-refractivity contribution is 7.92. The number of pyridine rings is 1. The third kappa shape index (κ3) is 4.15. The molecule has 2 rings (SSSR count). The van der Waals surface area contributed by atoms with Crippen LogP contribution in [0.25, 0.3) is 0 Å². The van der Waals surface area contributed by atoms with Crippen molar-refractivity contribution in [2.45, 2.75) is 18.9 Å². The smallest absolute Gasteiger partial charge is 0.229 e. The second-order valence-corrected chi connectivity index (χ2v) is 6.07. The molecule has 0 aliphatic carbocycles. The maximum absolute atomic E-state index is 11.0. The van der Waals surface area contributed by atoms with E-state index in [4.69, 9.17) is 4.74 Å². The van der Waals surface area contributed by atoms with E-state index in [1.807, 2.05) is 0 Å². The Hall–Kier alpha value is -1.34. The fraction of sp³-hybridized carbons (Fsp3) is 0.545. The number of aromatic nitrogens is 1. The Kier molecular flexibility index (Phi) is 4.03. The normalized spacial score (nSPS) is 19.7. The molecule has 0 amide bonds. The third-order valence-electron chi connectivity index (χ3n) is 2.60. The maximum Gasteiger partial charge on any atom is 0.229 e. The fourth-order valence-electron chi connectivity index (χ4n) is 1.80. The first kappa shape index (κ1) is 13.1. The molecular formula is C11H17N3O3S. The molecule has 1 unspecified atom stereocenters. The molecule has 1 fully saturated rings. The standard InChI is InChI=1S/C11H17N3O3S/c1-18(15,16)14-9-4-5-11(12-7-9)13-8-10-3-2-6-17-10/h4-5,7,10,14H,2-3,6,8H2,1H3,(H,12,13). The van der Waals surface area contributed by atoms with E-state index in [1.54, 1.807) is 12.1 Å². The summed E-state index contributed by atoms with van der Waals surface area (Å²) in [4.78, 5) is 4.13. The second-order valence-electron chi connectivity index (χ2n) is 4.32. The number of hydrogen-bond donors (Lipinski definition) is 2. The van der Waals surface area contributed by atoms with Crippen molar-refractivity contribution >= 4 is 21.5 Å². The molecule has 18 heavy (non-hydrogen) atoms. The Bertz CT molecular complexity index is 481. The van der Waals surface area contributed by atoms with Crippen molar-refractivity contribution < 1.29 is 13.2 Å². The molecule has 0 radical (unpaired) electrons. The van der Waals surface area contributed by atoms with Gasteiger partial charge in [0.25, 0.3) is 0 Å². The van der Waals surface area contributed by atoms with Gasteiger partial charge in [-0.25, -0.2) is 13.4 Å². The molecule has 0 saturated carbocycles. The van der Waals surface area contributed by atoms with Gasteiger partial charge in [0.05, 0.1) is 24.2 Å². The Morgan fingerprint density at radius 1 is 1.50 bits per heavy atom. The summed E-state index contributed by atoms with van der Waals surface area (Å²) in [5.74, 6) is 0.713. The molecule has 1 aliphatic rings. The van der Waals surface area contributed by atoms with Crippen molar-refractivity contribution in [2.75, 3.05) is 29.4 Å². The highest BCUT2D eigenvalue weighted by Gasteiger charge is 2.14. The summed E-state index contributed by atoms with van der Waals surface area (Å²) in [6.07, 6.45) is 5.02. The number of nitrogens with zero attached hydrogens (tertiary/aromatic N) is 1. The van der Waals surface area contributed by atoms with Crippen LogP contribution in [0.5, 0.6) is 0 Å². The van der Waals surface area contributed by atoms with Crippen LogP contribution in [-0.2, 0) is 14.8 Å². The van der Waals surface area contributed by atoms with E-state index in [2.05, 4.69) is 15.0 Å². The molecule has 2 heterocycles. The summed E-state index contributed by atoms with van der Waals surface area (Å²) in [5, 5.41) is 3.16. The minimum absolute atomic E-state index is 0.251. The first-order valence-corrected chi connectivity index (χ1v) is 7.71. The van der Waals surface area contributed by atoms with Gasteiger partial charge in [0.1, 0.15) is 5.82 Å². The Balaban J connectivity index is 1.87. The minimum atomic E-state index is -3.25. The second kappa shape index (κ2) is 5.53. The average molecular weight is 271 g/mol. The Labute approximate surface area is 107 Å². The summed E-state index contributed by atoms with van der Waals surface area (Å²) in [5.41, 5.74) is 0.458. The zero-order chi connectivity index (χ0) is 13.0. The molecule has 0 spiro atoms. The molecule has 1 saturated heterocycles. The van der Waals surface area contributed by atoms with Gasteiger partial charge in [-0.05, 0) is 25.0 Å². The van der Waals surface area contributed by atoms with Crippen LogP contribution in [0, 0.1) is 0 Å². The molecule has 6 nitrogen and oxygen atoms in total. The van der Waals surface area contributed by atoms with Crippen molar-refractivity contribution in [1.82, 2.24) is 4.98 Å². The van der Waals surface area contributed by atoms with Crippen molar-refractivity contribution in [3.8, 4) is 0 Å². The zero-order valence-electron chi connectivity index (χ0n) is 10.2. The highest BCUT2D eigenvalue weighted by Crippen LogP contribution is 2.14. The Morgan fingerprint density at radius 2 is 2.33 bits per heavy atom. The van der Waals surface area contributed by atoms with Crippen LogP contribution in [-0.4, -0.2) is 38.9 Å². The first-order chi connectivity index (χ1) is 8.53. The van der Waals surface area contributed by atoms with Gasteiger partial charge in [0.2, 0.25) is 10.0 Å². The topological polar surface area (TPSA) is 80.3 Å². The van der Waals surface area contributed by atoms with Crippen LogP contribution < -0.4 is 10.0 Å². The first-order valence-electron chi connectivity index (χ1n) is 5.82. The SMILES string of the molecule is CS(=O)(=O)Nc1ccc(NCC2CCCO2)nc1. The third-order valence-corrected chi connectivity index (χ3v) is 3.21. The summed E-state index contributed by atoms with van der Waals surface area (Å²) in [6.45, 7) is 1.56. The van der Waals surface area contributed by atoms with Crippen molar-refractivity contribution in [3.05, 3.63) is 18.3 Å². The molecule has 7 heteroatoms. The number of ether oxygens (including phenoxy) is 1. The lowest BCUT2D eigenvalue weighted by atomic mass is 10.2. The lowest BCUT2D eigenvalue weighted by Crippen LogP contribution is -2.19. The van der Waals surface area contributed by atoms with Crippen molar-refractivity contribution in [1.29, 1.82) is 0 Å². The summed E-state index contributed by atoms with van der Waals surface area (Å²) < 4.78 is 29.9. The number of sulfonamides is 1. The van der Waals surface area contributed by atoms with E-state index in [9.17, 15) is 8.42 Å². The zero-order valence-corrected chi connectivity index (χ0v) is 11.0. The molecule has 0 aromatic carbocycles. The van der Waals surface area contributed by atoms with Crippen LogP contribution in [0.3, 0.4) is 0 Å². The lowest BCUT2D eigenvalue weighted by Gasteiger charge is -2.11. The highest BCUT2D eigenvalue weighted by atomic mass is 32.2. The number of hydrogen-bond acceptors (Lipinski definition) is 5. The van der Waals surface area contributed by atoms with Gasteiger partial charge in [-0.3, -0.25) is 4.72 Å². The van der Waals surface area contributed by atoms with Crippen LogP contribution in [0.4, 0.5) is 11.5 Å². The van der Waals surface area contributed by atoms with Crippen LogP contribution >= 0.6 is 0 Å². The summed E-state index contributed by atoms with van der Waals surface area (Å²) >= 11 is 0. The summed E-state index contributed by atoms with van der Waals surface area (Å²) in [6, 6.07) is 3.41. The molecule has 0 bridgehead atoms. The lowest BCUT2D eigenvalue weighted by molar-refractivity contribution is 0.120. The van der Waals surface area contributed by atoms with Crippen molar-refractivity contribution in [2.24, 2.45) is 0 Å². The van der Waals surface area contributed by atoms with Gasteiger partial charge in [-0.15, -0.1) is 0 Å². The average Bonchev–Trinajstić information content (AvgIpc) is 2.79. The van der Waals surface area contributed by atoms with Gasteiger partial charge in [0, 0.05) is 13.2 Å². The van der Waals surface area contributed by atoms with Crippen LogP contribution in [0.2, 0.25) is 0 Å². The van der Waals surface area contributed by atoms with E-state index >= 15 is 0 Å². The van der Waals surface area contributed by atoms with Gasteiger partial charge in [-0.2, -0.15) is 0 Å². The van der Waals surface area contributed by atoms with E-state index in [0.29, 0.717) is 11.5 Å². The summed E-state index contributed by atoms with van der Waals surface area (Å²) in [7, 11) is -3.25. The Morgan fingerprint density at radius 3 is 2.89 bits per heavy atom. The van der Waals surface area contributed by atoms with Gasteiger partial charge >= 0.3 is 0 Å². The van der Waals surface area contributed by atoms with Gasteiger partial charge < -0.3 is 10.1 Å². The predicted molar refractivity (Wildman–Crippen MR) is 70.2 cm³/mol.